The number of nitrogens with zero attached hydrogens (tertiary/aromatic N) is 1. The SMILES string of the molecule is C=[C]c1cccc(CO)c1C#N. The van der Waals surface area contributed by atoms with Gasteiger partial charge in [-0.1, -0.05) is 24.8 Å². The average Bonchev–Trinajstić information content (AvgIpc) is 2.16. The minimum Gasteiger partial charge on any atom is -0.392 e. The number of rotatable bonds is 2. The van der Waals surface area contributed by atoms with Gasteiger partial charge in [0, 0.05) is 0 Å². The monoisotopic (exact) mass is 158 g/mol. The molecule has 1 aromatic rings. The summed E-state index contributed by atoms with van der Waals surface area (Å²) in [6.45, 7) is 3.33. The van der Waals surface area contributed by atoms with Crippen molar-refractivity contribution >= 4 is 0 Å². The Kier molecular flexibility index (Phi) is 2.62. The van der Waals surface area contributed by atoms with Crippen LogP contribution in [-0.4, -0.2) is 5.11 Å². The predicted octanol–water partition coefficient (Wildman–Crippen LogP) is 1.39. The molecule has 0 fully saturated rings. The van der Waals surface area contributed by atoms with Crippen molar-refractivity contribution in [3.63, 3.8) is 0 Å². The molecule has 2 nitrogen and oxygen atoms in total. The summed E-state index contributed by atoms with van der Waals surface area (Å²) in [5.41, 5.74) is 1.71. The summed E-state index contributed by atoms with van der Waals surface area (Å²) in [5.74, 6) is 0. The minimum absolute atomic E-state index is 0.127. The molecule has 59 valence electrons. The van der Waals surface area contributed by atoms with Crippen molar-refractivity contribution in [1.29, 1.82) is 5.26 Å². The van der Waals surface area contributed by atoms with Gasteiger partial charge in [-0.25, -0.2) is 0 Å². The van der Waals surface area contributed by atoms with Crippen LogP contribution in [0.1, 0.15) is 16.7 Å². The summed E-state index contributed by atoms with van der Waals surface area (Å²) < 4.78 is 0. The lowest BCUT2D eigenvalue weighted by Gasteiger charge is -2.01. The van der Waals surface area contributed by atoms with Crippen LogP contribution in [0.5, 0.6) is 0 Å². The zero-order chi connectivity index (χ0) is 8.97. The lowest BCUT2D eigenvalue weighted by Crippen LogP contribution is -1.92. The Hall–Kier alpha value is -1.59. The maximum absolute atomic E-state index is 8.87. The Labute approximate surface area is 71.4 Å². The van der Waals surface area contributed by atoms with Crippen LogP contribution in [-0.2, 0) is 6.61 Å². The maximum atomic E-state index is 8.87. The summed E-state index contributed by atoms with van der Waals surface area (Å²) in [6.07, 6.45) is 2.64. The molecule has 0 saturated heterocycles. The van der Waals surface area contributed by atoms with Crippen molar-refractivity contribution in [2.24, 2.45) is 0 Å². The third kappa shape index (κ3) is 1.36. The molecule has 0 atom stereocenters. The Morgan fingerprint density at radius 3 is 2.75 bits per heavy atom. The number of aliphatic hydroxyl groups is 1. The van der Waals surface area contributed by atoms with Crippen molar-refractivity contribution in [2.45, 2.75) is 6.61 Å². The first-order chi connectivity index (χ1) is 5.83. The number of hydrogen-bond donors (Lipinski definition) is 1. The Balaban J connectivity index is 3.34. The molecular formula is C10H8NO. The Morgan fingerprint density at radius 2 is 2.25 bits per heavy atom. The summed E-state index contributed by atoms with van der Waals surface area (Å²) >= 11 is 0. The molecule has 0 amide bonds. The van der Waals surface area contributed by atoms with Gasteiger partial charge in [-0.15, -0.1) is 0 Å². The first-order valence-corrected chi connectivity index (χ1v) is 3.49. The van der Waals surface area contributed by atoms with Crippen molar-refractivity contribution in [1.82, 2.24) is 0 Å². The Morgan fingerprint density at radius 1 is 1.50 bits per heavy atom. The fourth-order valence-corrected chi connectivity index (χ4v) is 1.01. The van der Waals surface area contributed by atoms with Crippen LogP contribution in [0.4, 0.5) is 0 Å². The summed E-state index contributed by atoms with van der Waals surface area (Å²) in [4.78, 5) is 0. The zero-order valence-electron chi connectivity index (χ0n) is 6.54. The number of aliphatic hydroxyl groups excluding tert-OH is 1. The van der Waals surface area contributed by atoms with E-state index < -0.39 is 0 Å². The third-order valence-electron chi connectivity index (χ3n) is 1.62. The second-order valence-corrected chi connectivity index (χ2v) is 2.29. The van der Waals surface area contributed by atoms with E-state index in [0.717, 1.165) is 0 Å². The van der Waals surface area contributed by atoms with Gasteiger partial charge in [0.1, 0.15) is 6.07 Å². The fraction of sp³-hybridized carbons (Fsp3) is 0.100. The van der Waals surface area contributed by atoms with E-state index in [1.807, 2.05) is 6.07 Å². The van der Waals surface area contributed by atoms with E-state index in [1.54, 1.807) is 18.2 Å². The molecule has 2 heteroatoms. The van der Waals surface area contributed by atoms with E-state index in [0.29, 0.717) is 16.7 Å². The van der Waals surface area contributed by atoms with Crippen molar-refractivity contribution in [3.8, 4) is 6.07 Å². The highest BCUT2D eigenvalue weighted by Crippen LogP contribution is 2.13. The normalized spacial score (nSPS) is 9.00. The standard InChI is InChI=1S/C10H8NO/c1-2-8-4-3-5-9(7-12)10(8)6-11/h3-5,12H,1,7H2. The number of benzene rings is 1. The Bertz CT molecular complexity index is 336. The third-order valence-corrected chi connectivity index (χ3v) is 1.62. The lowest BCUT2D eigenvalue weighted by molar-refractivity contribution is 0.281. The van der Waals surface area contributed by atoms with Gasteiger partial charge in [0.15, 0.2) is 0 Å². The van der Waals surface area contributed by atoms with Gasteiger partial charge < -0.3 is 5.11 Å². The van der Waals surface area contributed by atoms with E-state index in [-0.39, 0.29) is 6.61 Å². The first-order valence-electron chi connectivity index (χ1n) is 3.49. The van der Waals surface area contributed by atoms with Gasteiger partial charge in [0.25, 0.3) is 0 Å². The molecule has 1 aromatic carbocycles. The number of nitriles is 1. The van der Waals surface area contributed by atoms with E-state index in [1.165, 1.54) is 0 Å². The van der Waals surface area contributed by atoms with E-state index in [2.05, 4.69) is 12.7 Å². The van der Waals surface area contributed by atoms with Crippen molar-refractivity contribution in [3.05, 3.63) is 47.5 Å². The predicted molar refractivity (Wildman–Crippen MR) is 45.1 cm³/mol. The van der Waals surface area contributed by atoms with Crippen LogP contribution in [0.3, 0.4) is 0 Å². The van der Waals surface area contributed by atoms with Crippen LogP contribution in [0.2, 0.25) is 0 Å². The quantitative estimate of drug-likeness (QED) is 0.706. The molecule has 0 unspecified atom stereocenters. The molecule has 0 aliphatic carbocycles. The van der Waals surface area contributed by atoms with Crippen LogP contribution in [0, 0.1) is 17.4 Å². The largest absolute Gasteiger partial charge is 0.392 e. The van der Waals surface area contributed by atoms with E-state index in [4.69, 9.17) is 10.4 Å². The lowest BCUT2D eigenvalue weighted by atomic mass is 10.0. The molecule has 1 N–H and O–H groups in total. The van der Waals surface area contributed by atoms with Crippen LogP contribution >= 0.6 is 0 Å². The minimum atomic E-state index is -0.127. The second-order valence-electron chi connectivity index (χ2n) is 2.29. The van der Waals surface area contributed by atoms with Gasteiger partial charge in [0.05, 0.1) is 12.2 Å². The summed E-state index contributed by atoms with van der Waals surface area (Å²) in [5, 5.41) is 17.6. The average molecular weight is 158 g/mol. The van der Waals surface area contributed by atoms with Gasteiger partial charge in [0.2, 0.25) is 0 Å². The van der Waals surface area contributed by atoms with Gasteiger partial charge >= 0.3 is 0 Å². The molecule has 0 aromatic heterocycles. The molecule has 12 heavy (non-hydrogen) atoms. The van der Waals surface area contributed by atoms with Crippen molar-refractivity contribution in [2.75, 3.05) is 0 Å². The zero-order valence-corrected chi connectivity index (χ0v) is 6.54. The van der Waals surface area contributed by atoms with Crippen LogP contribution < -0.4 is 0 Å². The summed E-state index contributed by atoms with van der Waals surface area (Å²) in [6, 6.07) is 7.22. The second kappa shape index (κ2) is 3.70. The van der Waals surface area contributed by atoms with Crippen molar-refractivity contribution < 1.29 is 5.11 Å². The molecule has 0 heterocycles. The van der Waals surface area contributed by atoms with Gasteiger partial charge in [-0.3, -0.25) is 0 Å². The molecule has 0 aliphatic heterocycles. The smallest absolute Gasteiger partial charge is 0.100 e. The first kappa shape index (κ1) is 8.51. The molecule has 0 aliphatic rings. The highest BCUT2D eigenvalue weighted by atomic mass is 16.3. The van der Waals surface area contributed by atoms with Crippen LogP contribution in [0.15, 0.2) is 24.8 Å². The molecule has 0 bridgehead atoms. The molecule has 0 saturated carbocycles. The highest BCUT2D eigenvalue weighted by Gasteiger charge is 2.03. The molecular weight excluding hydrogens is 150 g/mol. The highest BCUT2D eigenvalue weighted by molar-refractivity contribution is 5.46. The van der Waals surface area contributed by atoms with E-state index in [9.17, 15) is 0 Å². The van der Waals surface area contributed by atoms with E-state index >= 15 is 0 Å². The topological polar surface area (TPSA) is 44.0 Å². The number of hydrogen-bond acceptors (Lipinski definition) is 2. The van der Waals surface area contributed by atoms with Gasteiger partial charge in [-0.2, -0.15) is 5.26 Å². The summed E-state index contributed by atoms with van der Waals surface area (Å²) in [7, 11) is 0. The fourth-order valence-electron chi connectivity index (χ4n) is 1.01. The van der Waals surface area contributed by atoms with Crippen LogP contribution in [0.25, 0.3) is 0 Å². The molecule has 1 rings (SSSR count). The van der Waals surface area contributed by atoms with Gasteiger partial charge in [-0.05, 0) is 17.2 Å². The molecule has 1 radical (unpaired) electrons. The molecule has 0 spiro atoms. The maximum Gasteiger partial charge on any atom is 0.100 e.